The van der Waals surface area contributed by atoms with Gasteiger partial charge >= 0.3 is 15.6 Å². The van der Waals surface area contributed by atoms with Gasteiger partial charge in [-0.3, -0.25) is 13.5 Å². The Balaban J connectivity index is 1.69. The van der Waals surface area contributed by atoms with Gasteiger partial charge in [-0.15, -0.1) is 0 Å². The lowest BCUT2D eigenvalue weighted by atomic mass is 9.99. The molecule has 1 aliphatic rings. The average Bonchev–Trinajstić information content (AvgIpc) is 3.35. The lowest BCUT2D eigenvalue weighted by molar-refractivity contribution is -0.0673. The van der Waals surface area contributed by atoms with Gasteiger partial charge < -0.3 is 10.1 Å². The maximum Gasteiger partial charge on any atom is 0.523 e. The highest BCUT2D eigenvalue weighted by atomic mass is 32.2. The van der Waals surface area contributed by atoms with Crippen LogP contribution >= 0.6 is 0 Å². The predicted molar refractivity (Wildman–Crippen MR) is 113 cm³/mol. The predicted octanol–water partition coefficient (Wildman–Crippen LogP) is 3.26. The van der Waals surface area contributed by atoms with Gasteiger partial charge in [0.2, 0.25) is 0 Å². The first kappa shape index (κ1) is 24.0. The van der Waals surface area contributed by atoms with Crippen LogP contribution in [-0.4, -0.2) is 51.6 Å². The van der Waals surface area contributed by atoms with Crippen LogP contribution in [0.5, 0.6) is 0 Å². The van der Waals surface area contributed by atoms with Crippen LogP contribution in [0.4, 0.5) is 19.0 Å². The van der Waals surface area contributed by atoms with Gasteiger partial charge in [0.15, 0.2) is 23.2 Å². The highest BCUT2D eigenvalue weighted by Gasteiger charge is 2.53. The molecular formula is C20H20F3N5O5S. The van der Waals surface area contributed by atoms with E-state index in [1.807, 2.05) is 0 Å². The van der Waals surface area contributed by atoms with Gasteiger partial charge in [-0.2, -0.15) is 21.6 Å². The van der Waals surface area contributed by atoms with E-state index in [-0.39, 0.29) is 17.0 Å². The Bertz CT molecular complexity index is 1300. The smallest absolute Gasteiger partial charge is 0.351 e. The zero-order valence-corrected chi connectivity index (χ0v) is 18.7. The zero-order chi connectivity index (χ0) is 24.7. The molecule has 3 heterocycles. The number of nitrogens with one attached hydrogen (secondary N) is 1. The Morgan fingerprint density at radius 1 is 1.21 bits per heavy atom. The van der Waals surface area contributed by atoms with Crippen LogP contribution in [0.3, 0.4) is 0 Å². The molecule has 4 rings (SSSR count). The summed E-state index contributed by atoms with van der Waals surface area (Å²) in [5, 5.41) is 2.62. The molecule has 10 nitrogen and oxygen atoms in total. The van der Waals surface area contributed by atoms with Crippen LogP contribution in [0.25, 0.3) is 11.2 Å². The van der Waals surface area contributed by atoms with Gasteiger partial charge in [0.25, 0.3) is 5.91 Å². The Morgan fingerprint density at radius 3 is 2.56 bits per heavy atom. The Morgan fingerprint density at radius 2 is 1.91 bits per heavy atom. The maximum atomic E-state index is 13.0. The van der Waals surface area contributed by atoms with E-state index in [2.05, 4.69) is 24.5 Å². The van der Waals surface area contributed by atoms with Crippen molar-refractivity contribution in [2.45, 2.75) is 44.2 Å². The van der Waals surface area contributed by atoms with Gasteiger partial charge in [0, 0.05) is 11.5 Å². The van der Waals surface area contributed by atoms with Gasteiger partial charge in [-0.1, -0.05) is 32.0 Å². The molecule has 0 spiro atoms. The summed E-state index contributed by atoms with van der Waals surface area (Å²) >= 11 is 0. The molecule has 182 valence electrons. The summed E-state index contributed by atoms with van der Waals surface area (Å²) in [6.07, 6.45) is -0.567. The number of rotatable bonds is 6. The first-order valence-electron chi connectivity index (χ1n) is 10.2. The number of ether oxygens (including phenoxy) is 1. The van der Waals surface area contributed by atoms with E-state index in [4.69, 9.17) is 4.74 Å². The standard InChI is InChI=1S/C20H20F3N5O5S/c1-3-13-11(2)15(33-34(30,31)20(21,22)23)19(32-13)28-10-26-14-16(24-9-25-17(14)28)27-18(29)12-7-5-4-6-8-12/h4-11,13,15,19H,3H2,1-2H3,(H,24,25,27,29)/t11-,13-,15-,19-/m1/s1. The molecule has 2 aromatic heterocycles. The van der Waals surface area contributed by atoms with Crippen molar-refractivity contribution in [3.05, 3.63) is 48.5 Å². The number of benzene rings is 1. The lowest BCUT2D eigenvalue weighted by Crippen LogP contribution is -2.35. The lowest BCUT2D eigenvalue weighted by Gasteiger charge is -2.22. The van der Waals surface area contributed by atoms with E-state index in [1.54, 1.807) is 44.2 Å². The fourth-order valence-corrected chi connectivity index (χ4v) is 4.45. The van der Waals surface area contributed by atoms with Crippen LogP contribution in [-0.2, 0) is 19.0 Å². The quantitative estimate of drug-likeness (QED) is 0.405. The molecule has 1 saturated heterocycles. The topological polar surface area (TPSA) is 125 Å². The molecule has 1 N–H and O–H groups in total. The average molecular weight is 499 g/mol. The minimum absolute atomic E-state index is 0.0658. The molecule has 4 atom stereocenters. The number of carbonyl (C=O) groups is 1. The Kier molecular flexibility index (Phi) is 6.31. The third-order valence-corrected chi connectivity index (χ3v) is 6.57. The number of alkyl halides is 3. The van der Waals surface area contributed by atoms with Crippen LogP contribution in [0.1, 0.15) is 36.9 Å². The van der Waals surface area contributed by atoms with E-state index in [9.17, 15) is 26.4 Å². The van der Waals surface area contributed by atoms with E-state index in [0.717, 1.165) is 6.33 Å². The molecule has 0 unspecified atom stereocenters. The van der Waals surface area contributed by atoms with Crippen molar-refractivity contribution in [3.8, 4) is 0 Å². The summed E-state index contributed by atoms with van der Waals surface area (Å²) in [4.78, 5) is 24.9. The third kappa shape index (κ3) is 4.35. The number of carbonyl (C=O) groups excluding carboxylic acids is 1. The second-order valence-corrected chi connectivity index (χ2v) is 9.22. The molecular weight excluding hydrogens is 479 g/mol. The van der Waals surface area contributed by atoms with Gasteiger partial charge in [0.05, 0.1) is 12.4 Å². The van der Waals surface area contributed by atoms with Gasteiger partial charge in [-0.25, -0.2) is 15.0 Å². The largest absolute Gasteiger partial charge is 0.523 e. The summed E-state index contributed by atoms with van der Waals surface area (Å²) in [6.45, 7) is 3.30. The minimum atomic E-state index is -5.88. The third-order valence-electron chi connectivity index (χ3n) is 5.52. The van der Waals surface area contributed by atoms with Crippen molar-refractivity contribution in [3.63, 3.8) is 0 Å². The van der Waals surface area contributed by atoms with E-state index >= 15 is 0 Å². The molecule has 1 aromatic carbocycles. The van der Waals surface area contributed by atoms with Crippen LogP contribution in [0.15, 0.2) is 43.0 Å². The van der Waals surface area contributed by atoms with Crippen molar-refractivity contribution in [2.75, 3.05) is 5.32 Å². The molecule has 1 fully saturated rings. The number of aromatic nitrogens is 4. The number of amides is 1. The number of hydrogen-bond acceptors (Lipinski definition) is 8. The summed E-state index contributed by atoms with van der Waals surface area (Å²) in [5.41, 5.74) is -4.96. The molecule has 14 heteroatoms. The number of halogens is 3. The summed E-state index contributed by atoms with van der Waals surface area (Å²) in [7, 11) is -5.88. The van der Waals surface area contributed by atoms with Crippen molar-refractivity contribution < 1.29 is 35.3 Å². The molecule has 0 aliphatic carbocycles. The summed E-state index contributed by atoms with van der Waals surface area (Å²) in [5.74, 6) is -1.08. The van der Waals surface area contributed by atoms with Crippen molar-refractivity contribution in [1.29, 1.82) is 0 Å². The molecule has 0 saturated carbocycles. The van der Waals surface area contributed by atoms with E-state index in [1.165, 1.54) is 10.9 Å². The van der Waals surface area contributed by atoms with E-state index in [0.29, 0.717) is 12.0 Å². The minimum Gasteiger partial charge on any atom is -0.351 e. The number of nitrogens with zero attached hydrogens (tertiary/aromatic N) is 4. The normalized spacial score (nSPS) is 23.3. The molecule has 1 aliphatic heterocycles. The first-order valence-corrected chi connectivity index (χ1v) is 11.6. The monoisotopic (exact) mass is 499 g/mol. The fraction of sp³-hybridized carbons (Fsp3) is 0.400. The molecule has 1 amide bonds. The fourth-order valence-electron chi connectivity index (χ4n) is 3.78. The van der Waals surface area contributed by atoms with Crippen LogP contribution in [0.2, 0.25) is 0 Å². The molecule has 3 aromatic rings. The van der Waals surface area contributed by atoms with Crippen LogP contribution < -0.4 is 5.32 Å². The summed E-state index contributed by atoms with van der Waals surface area (Å²) < 4.78 is 74.2. The molecule has 0 bridgehead atoms. The number of imidazole rings is 1. The summed E-state index contributed by atoms with van der Waals surface area (Å²) in [6, 6.07) is 8.35. The van der Waals surface area contributed by atoms with Gasteiger partial charge in [0.1, 0.15) is 12.4 Å². The van der Waals surface area contributed by atoms with E-state index < -0.39 is 45.9 Å². The second-order valence-electron chi connectivity index (χ2n) is 7.66. The highest BCUT2D eigenvalue weighted by Crippen LogP contribution is 2.41. The number of anilines is 1. The SMILES string of the molecule is CC[C@H]1O[C@@H](n2cnc3c(NC(=O)c4ccccc4)ncnc32)[C@H](OS(=O)(=O)C(F)(F)F)[C@@H]1C. The van der Waals surface area contributed by atoms with Crippen molar-refractivity contribution >= 4 is 33.0 Å². The molecule has 34 heavy (non-hydrogen) atoms. The number of hydrogen-bond donors (Lipinski definition) is 1. The van der Waals surface area contributed by atoms with Crippen LogP contribution in [0, 0.1) is 5.92 Å². The van der Waals surface area contributed by atoms with Gasteiger partial charge in [-0.05, 0) is 18.6 Å². The Hall–Kier alpha value is -3.10. The van der Waals surface area contributed by atoms with Crippen molar-refractivity contribution in [1.82, 2.24) is 19.5 Å². The van der Waals surface area contributed by atoms with Crippen molar-refractivity contribution in [2.24, 2.45) is 5.92 Å². The maximum absolute atomic E-state index is 13.0. The Labute approximate surface area is 192 Å². The second kappa shape index (κ2) is 8.92. The zero-order valence-electron chi connectivity index (χ0n) is 17.9. The highest BCUT2D eigenvalue weighted by molar-refractivity contribution is 7.87. The molecule has 0 radical (unpaired) electrons. The first-order chi connectivity index (χ1) is 16.0. The number of fused-ring (bicyclic) bond motifs is 1.